The fourth-order valence-corrected chi connectivity index (χ4v) is 4.72. The van der Waals surface area contributed by atoms with Crippen LogP contribution in [0.15, 0.2) is 18.6 Å². The minimum absolute atomic E-state index is 0.771. The average Bonchev–Trinajstić information content (AvgIpc) is 3.29. The van der Waals surface area contributed by atoms with Crippen LogP contribution in [0.5, 0.6) is 0 Å². The van der Waals surface area contributed by atoms with E-state index in [4.69, 9.17) is 4.74 Å². The van der Waals surface area contributed by atoms with Crippen molar-refractivity contribution in [3.8, 4) is 10.7 Å². The quantitative estimate of drug-likeness (QED) is 0.715. The van der Waals surface area contributed by atoms with Gasteiger partial charge in [-0.3, -0.25) is 0 Å². The van der Waals surface area contributed by atoms with Crippen LogP contribution in [-0.4, -0.2) is 45.8 Å². The Hall–Kier alpha value is -1.77. The topological polar surface area (TPSA) is 56.1 Å². The molecule has 6 nitrogen and oxygen atoms in total. The Morgan fingerprint density at radius 3 is 2.75 bits per heavy atom. The van der Waals surface area contributed by atoms with Gasteiger partial charge in [-0.25, -0.2) is 15.0 Å². The van der Waals surface area contributed by atoms with Crippen molar-refractivity contribution < 1.29 is 4.74 Å². The van der Waals surface area contributed by atoms with Crippen molar-refractivity contribution in [3.05, 3.63) is 34.2 Å². The summed E-state index contributed by atoms with van der Waals surface area (Å²) in [6.07, 6.45) is 5.81. The summed E-state index contributed by atoms with van der Waals surface area (Å²) in [7, 11) is 0. The van der Waals surface area contributed by atoms with Crippen LogP contribution in [0.3, 0.4) is 0 Å². The molecular weight excluding hydrogens is 342 g/mol. The van der Waals surface area contributed by atoms with E-state index >= 15 is 0 Å². The van der Waals surface area contributed by atoms with Crippen molar-refractivity contribution in [3.63, 3.8) is 0 Å². The van der Waals surface area contributed by atoms with Crippen molar-refractivity contribution in [1.82, 2.24) is 19.5 Å². The number of aromatic nitrogens is 4. The predicted octanol–water partition coefficient (Wildman–Crippen LogP) is 2.96. The molecule has 0 spiro atoms. The van der Waals surface area contributed by atoms with E-state index in [0.29, 0.717) is 0 Å². The lowest BCUT2D eigenvalue weighted by Gasteiger charge is -2.25. The maximum absolute atomic E-state index is 5.41. The largest absolute Gasteiger partial charge is 0.378 e. The van der Waals surface area contributed by atoms with E-state index in [1.54, 1.807) is 22.7 Å². The molecule has 0 radical (unpaired) electrons. The van der Waals surface area contributed by atoms with Crippen LogP contribution < -0.4 is 4.90 Å². The highest BCUT2D eigenvalue weighted by molar-refractivity contribution is 7.18. The second kappa shape index (κ2) is 6.62. The number of morpholine rings is 1. The molecule has 0 aliphatic carbocycles. The molecule has 126 valence electrons. The van der Waals surface area contributed by atoms with E-state index in [9.17, 15) is 0 Å². The molecule has 0 amide bonds. The van der Waals surface area contributed by atoms with Gasteiger partial charge in [-0.2, -0.15) is 0 Å². The molecule has 1 saturated heterocycles. The smallest absolute Gasteiger partial charge is 0.186 e. The highest BCUT2D eigenvalue weighted by Gasteiger charge is 2.17. The Morgan fingerprint density at radius 2 is 2.00 bits per heavy atom. The molecule has 3 aromatic rings. The van der Waals surface area contributed by atoms with E-state index in [-0.39, 0.29) is 0 Å². The van der Waals surface area contributed by atoms with Gasteiger partial charge in [-0.15, -0.1) is 11.3 Å². The van der Waals surface area contributed by atoms with E-state index in [2.05, 4.69) is 31.3 Å². The Morgan fingerprint density at radius 1 is 1.17 bits per heavy atom. The molecule has 24 heavy (non-hydrogen) atoms. The monoisotopic (exact) mass is 361 g/mol. The van der Waals surface area contributed by atoms with Gasteiger partial charge in [-0.1, -0.05) is 11.3 Å². The highest BCUT2D eigenvalue weighted by atomic mass is 32.1. The molecule has 1 aliphatic heterocycles. The maximum Gasteiger partial charge on any atom is 0.186 e. The van der Waals surface area contributed by atoms with Gasteiger partial charge in [0.05, 0.1) is 41.5 Å². The molecule has 0 unspecified atom stereocenters. The first-order valence-electron chi connectivity index (χ1n) is 7.93. The highest BCUT2D eigenvalue weighted by Crippen LogP contribution is 2.31. The summed E-state index contributed by atoms with van der Waals surface area (Å²) in [5.41, 5.74) is 1.11. The van der Waals surface area contributed by atoms with Crippen LogP contribution in [0.25, 0.3) is 10.7 Å². The summed E-state index contributed by atoms with van der Waals surface area (Å²) < 4.78 is 7.59. The second-order valence-corrected chi connectivity index (χ2v) is 8.02. The molecule has 8 heteroatoms. The molecular formula is C16H19N5OS2. The third-order valence-corrected chi connectivity index (χ3v) is 6.14. The van der Waals surface area contributed by atoms with Gasteiger partial charge < -0.3 is 14.2 Å². The Balaban J connectivity index is 1.58. The van der Waals surface area contributed by atoms with Gasteiger partial charge in [0.25, 0.3) is 0 Å². The molecule has 4 heterocycles. The number of thiazole rings is 2. The molecule has 1 fully saturated rings. The first-order chi connectivity index (χ1) is 11.7. The maximum atomic E-state index is 5.41. The standard InChI is InChI=1S/C16H19N5OS2/c1-11-14(23-12(2)19-11)10-21-4-3-17-15(21)13-9-18-16(24-13)20-5-7-22-8-6-20/h3-4,9H,5-8,10H2,1-2H3. The van der Waals surface area contributed by atoms with Crippen LogP contribution in [0.4, 0.5) is 5.13 Å². The zero-order valence-electron chi connectivity index (χ0n) is 13.7. The van der Waals surface area contributed by atoms with Crippen LogP contribution in [0.2, 0.25) is 0 Å². The Labute approximate surface area is 148 Å². The number of anilines is 1. The number of ether oxygens (including phenoxy) is 1. The first-order valence-corrected chi connectivity index (χ1v) is 9.57. The van der Waals surface area contributed by atoms with Crippen molar-refractivity contribution >= 4 is 27.8 Å². The van der Waals surface area contributed by atoms with Gasteiger partial charge in [0.1, 0.15) is 0 Å². The van der Waals surface area contributed by atoms with Crippen molar-refractivity contribution in [1.29, 1.82) is 0 Å². The summed E-state index contributed by atoms with van der Waals surface area (Å²) in [6.45, 7) is 8.27. The summed E-state index contributed by atoms with van der Waals surface area (Å²) in [4.78, 5) is 18.3. The SMILES string of the molecule is Cc1nc(C)c(Cn2ccnc2-c2cnc(N3CCOCC3)s2)s1. The molecule has 1 aliphatic rings. The van der Waals surface area contributed by atoms with Crippen molar-refractivity contribution in [2.75, 3.05) is 31.2 Å². The minimum Gasteiger partial charge on any atom is -0.378 e. The van der Waals surface area contributed by atoms with Gasteiger partial charge in [-0.05, 0) is 13.8 Å². The van der Waals surface area contributed by atoms with E-state index in [1.807, 2.05) is 25.5 Å². The molecule has 0 N–H and O–H groups in total. The molecule has 0 saturated carbocycles. The van der Waals surface area contributed by atoms with Gasteiger partial charge in [0.2, 0.25) is 0 Å². The lowest BCUT2D eigenvalue weighted by Crippen LogP contribution is -2.36. The summed E-state index contributed by atoms with van der Waals surface area (Å²) in [5, 5.41) is 2.16. The van der Waals surface area contributed by atoms with Gasteiger partial charge in [0.15, 0.2) is 11.0 Å². The normalized spacial score (nSPS) is 15.2. The average molecular weight is 361 g/mol. The summed E-state index contributed by atoms with van der Waals surface area (Å²) >= 11 is 3.45. The lowest BCUT2D eigenvalue weighted by atomic mass is 10.4. The van der Waals surface area contributed by atoms with Crippen molar-refractivity contribution in [2.45, 2.75) is 20.4 Å². The third-order valence-electron chi connectivity index (χ3n) is 4.02. The Bertz CT molecular complexity index is 831. The van der Waals surface area contributed by atoms with Crippen LogP contribution in [-0.2, 0) is 11.3 Å². The minimum atomic E-state index is 0.771. The fourth-order valence-electron chi connectivity index (χ4n) is 2.81. The zero-order chi connectivity index (χ0) is 16.5. The zero-order valence-corrected chi connectivity index (χ0v) is 15.4. The molecule has 0 atom stereocenters. The fraction of sp³-hybridized carbons (Fsp3) is 0.438. The Kier molecular flexibility index (Phi) is 4.34. The van der Waals surface area contributed by atoms with E-state index in [0.717, 1.165) is 59.4 Å². The van der Waals surface area contributed by atoms with Gasteiger partial charge >= 0.3 is 0 Å². The summed E-state index contributed by atoms with van der Waals surface area (Å²) in [6, 6.07) is 0. The van der Waals surface area contributed by atoms with E-state index in [1.165, 1.54) is 4.88 Å². The number of nitrogens with zero attached hydrogens (tertiary/aromatic N) is 5. The number of aryl methyl sites for hydroxylation is 2. The van der Waals surface area contributed by atoms with Crippen molar-refractivity contribution in [2.24, 2.45) is 0 Å². The molecule has 4 rings (SSSR count). The number of hydrogen-bond donors (Lipinski definition) is 0. The lowest BCUT2D eigenvalue weighted by molar-refractivity contribution is 0.122. The third kappa shape index (κ3) is 3.09. The van der Waals surface area contributed by atoms with Crippen LogP contribution in [0.1, 0.15) is 15.6 Å². The summed E-state index contributed by atoms with van der Waals surface area (Å²) in [5.74, 6) is 0.970. The molecule has 0 aromatic carbocycles. The van der Waals surface area contributed by atoms with Crippen LogP contribution >= 0.6 is 22.7 Å². The second-order valence-electron chi connectivity index (χ2n) is 5.73. The number of rotatable bonds is 4. The van der Waals surface area contributed by atoms with Gasteiger partial charge in [0, 0.05) is 30.4 Å². The van der Waals surface area contributed by atoms with E-state index < -0.39 is 0 Å². The predicted molar refractivity (Wildman–Crippen MR) is 97.1 cm³/mol. The first kappa shape index (κ1) is 15.7. The van der Waals surface area contributed by atoms with Crippen LogP contribution in [0, 0.1) is 13.8 Å². The molecule has 3 aromatic heterocycles. The number of imidazole rings is 1. The number of hydrogen-bond acceptors (Lipinski definition) is 7. The molecule has 0 bridgehead atoms.